The summed E-state index contributed by atoms with van der Waals surface area (Å²) in [7, 11) is 1.64. The Morgan fingerprint density at radius 1 is 1.37 bits per heavy atom. The summed E-state index contributed by atoms with van der Waals surface area (Å²) in [4.78, 5) is 2.40. The Balaban J connectivity index is 0.00000180. The average molecular weight is 289 g/mol. The SMILES string of the molecule is CC[C@H](c1cc(F)ccc1OC)N1CCNCC1.Cl. The van der Waals surface area contributed by atoms with E-state index in [2.05, 4.69) is 17.1 Å². The Hall–Kier alpha value is -0.840. The summed E-state index contributed by atoms with van der Waals surface area (Å²) in [6, 6.07) is 5.01. The summed E-state index contributed by atoms with van der Waals surface area (Å²) in [5.41, 5.74) is 0.960. The minimum absolute atomic E-state index is 0. The Kier molecular flexibility index (Phi) is 6.55. The number of hydrogen-bond donors (Lipinski definition) is 1. The van der Waals surface area contributed by atoms with Crippen LogP contribution in [0.1, 0.15) is 24.9 Å². The third kappa shape index (κ3) is 3.81. The lowest BCUT2D eigenvalue weighted by molar-refractivity contribution is 0.166. The fraction of sp³-hybridized carbons (Fsp3) is 0.571. The first-order valence-corrected chi connectivity index (χ1v) is 6.54. The van der Waals surface area contributed by atoms with Crippen LogP contribution in [0, 0.1) is 5.82 Å². The van der Waals surface area contributed by atoms with Gasteiger partial charge in [0.15, 0.2) is 0 Å². The maximum absolute atomic E-state index is 13.5. The maximum atomic E-state index is 13.5. The first kappa shape index (κ1) is 16.2. The average Bonchev–Trinajstić information content (AvgIpc) is 2.41. The smallest absolute Gasteiger partial charge is 0.123 e. The van der Waals surface area contributed by atoms with E-state index in [-0.39, 0.29) is 24.3 Å². The van der Waals surface area contributed by atoms with Crippen LogP contribution in [0.25, 0.3) is 0 Å². The van der Waals surface area contributed by atoms with E-state index in [0.717, 1.165) is 43.9 Å². The molecule has 0 amide bonds. The summed E-state index contributed by atoms with van der Waals surface area (Å²) in [5, 5.41) is 3.34. The second-order valence-corrected chi connectivity index (χ2v) is 4.60. The van der Waals surface area contributed by atoms with Crippen molar-refractivity contribution in [2.45, 2.75) is 19.4 Å². The number of benzene rings is 1. The van der Waals surface area contributed by atoms with E-state index in [1.807, 2.05) is 0 Å². The summed E-state index contributed by atoms with van der Waals surface area (Å²) >= 11 is 0. The molecule has 0 bridgehead atoms. The lowest BCUT2D eigenvalue weighted by Gasteiger charge is -2.35. The molecule has 19 heavy (non-hydrogen) atoms. The van der Waals surface area contributed by atoms with Gasteiger partial charge >= 0.3 is 0 Å². The molecule has 1 aliphatic rings. The van der Waals surface area contributed by atoms with Gasteiger partial charge in [0.1, 0.15) is 11.6 Å². The van der Waals surface area contributed by atoms with Crippen molar-refractivity contribution in [3.63, 3.8) is 0 Å². The van der Waals surface area contributed by atoms with Gasteiger partial charge < -0.3 is 10.1 Å². The van der Waals surface area contributed by atoms with E-state index in [9.17, 15) is 4.39 Å². The molecule has 3 nitrogen and oxygen atoms in total. The molecule has 1 aromatic rings. The summed E-state index contributed by atoms with van der Waals surface area (Å²) in [5.74, 6) is 0.584. The van der Waals surface area contributed by atoms with Gasteiger partial charge in [-0.1, -0.05) is 6.92 Å². The molecular formula is C14H22ClFN2O. The number of methoxy groups -OCH3 is 1. The van der Waals surface area contributed by atoms with Crippen LogP contribution in [0.15, 0.2) is 18.2 Å². The highest BCUT2D eigenvalue weighted by Gasteiger charge is 2.23. The topological polar surface area (TPSA) is 24.5 Å². The predicted molar refractivity (Wildman–Crippen MR) is 77.7 cm³/mol. The Morgan fingerprint density at radius 2 is 2.05 bits per heavy atom. The predicted octanol–water partition coefficient (Wildman–Crippen LogP) is 2.61. The highest BCUT2D eigenvalue weighted by Crippen LogP contribution is 2.32. The molecule has 108 valence electrons. The highest BCUT2D eigenvalue weighted by molar-refractivity contribution is 5.85. The maximum Gasteiger partial charge on any atom is 0.123 e. The fourth-order valence-corrected chi connectivity index (χ4v) is 2.63. The molecule has 0 aromatic heterocycles. The van der Waals surface area contributed by atoms with Crippen molar-refractivity contribution in [1.29, 1.82) is 0 Å². The van der Waals surface area contributed by atoms with E-state index in [4.69, 9.17) is 4.74 Å². The largest absolute Gasteiger partial charge is 0.496 e. The quantitative estimate of drug-likeness (QED) is 0.922. The van der Waals surface area contributed by atoms with Crippen LogP contribution in [0.3, 0.4) is 0 Å². The number of nitrogens with one attached hydrogen (secondary N) is 1. The van der Waals surface area contributed by atoms with Crippen LogP contribution in [0.5, 0.6) is 5.75 Å². The fourth-order valence-electron chi connectivity index (χ4n) is 2.63. The minimum Gasteiger partial charge on any atom is -0.496 e. The number of rotatable bonds is 4. The third-order valence-electron chi connectivity index (χ3n) is 3.53. The molecule has 1 aromatic carbocycles. The molecule has 1 atom stereocenters. The number of halogens is 2. The van der Waals surface area contributed by atoms with Gasteiger partial charge in [-0.2, -0.15) is 0 Å². The minimum atomic E-state index is -0.195. The lowest BCUT2D eigenvalue weighted by atomic mass is 10.0. The first-order chi connectivity index (χ1) is 8.76. The van der Waals surface area contributed by atoms with Crippen LogP contribution in [0.2, 0.25) is 0 Å². The van der Waals surface area contributed by atoms with Gasteiger partial charge in [0.2, 0.25) is 0 Å². The second kappa shape index (κ2) is 7.68. The van der Waals surface area contributed by atoms with Crippen molar-refractivity contribution < 1.29 is 9.13 Å². The van der Waals surface area contributed by atoms with Crippen LogP contribution in [-0.2, 0) is 0 Å². The number of ether oxygens (including phenoxy) is 1. The Labute approximate surface area is 120 Å². The van der Waals surface area contributed by atoms with Crippen LogP contribution >= 0.6 is 12.4 Å². The zero-order valence-electron chi connectivity index (χ0n) is 11.5. The zero-order valence-corrected chi connectivity index (χ0v) is 12.3. The standard InChI is InChI=1S/C14H21FN2O.ClH/c1-3-13(17-8-6-16-7-9-17)12-10-11(15)4-5-14(12)18-2;/h4-5,10,13,16H,3,6-9H2,1-2H3;1H/t13-;/m1./s1. The van der Waals surface area contributed by atoms with E-state index >= 15 is 0 Å². The van der Waals surface area contributed by atoms with Crippen molar-refractivity contribution >= 4 is 12.4 Å². The van der Waals surface area contributed by atoms with E-state index < -0.39 is 0 Å². The normalized spacial score (nSPS) is 17.6. The highest BCUT2D eigenvalue weighted by atomic mass is 35.5. The van der Waals surface area contributed by atoms with Gasteiger partial charge in [0, 0.05) is 37.8 Å². The molecule has 0 unspecified atom stereocenters. The number of nitrogens with zero attached hydrogens (tertiary/aromatic N) is 1. The summed E-state index contributed by atoms with van der Waals surface area (Å²) in [6.07, 6.45) is 0.958. The first-order valence-electron chi connectivity index (χ1n) is 6.54. The van der Waals surface area contributed by atoms with Crippen molar-refractivity contribution in [3.05, 3.63) is 29.6 Å². The molecule has 1 aliphatic heterocycles. The number of piperazine rings is 1. The Bertz CT molecular complexity index is 397. The van der Waals surface area contributed by atoms with Crippen molar-refractivity contribution in [2.75, 3.05) is 33.3 Å². The molecule has 0 saturated carbocycles. The molecule has 0 aliphatic carbocycles. The lowest BCUT2D eigenvalue weighted by Crippen LogP contribution is -2.45. The molecular weight excluding hydrogens is 267 g/mol. The van der Waals surface area contributed by atoms with Crippen LogP contribution < -0.4 is 10.1 Å². The van der Waals surface area contributed by atoms with E-state index in [1.165, 1.54) is 6.07 Å². The van der Waals surface area contributed by atoms with Gasteiger partial charge in [-0.25, -0.2) is 4.39 Å². The molecule has 1 heterocycles. The molecule has 1 N–H and O–H groups in total. The monoisotopic (exact) mass is 288 g/mol. The summed E-state index contributed by atoms with van der Waals surface area (Å²) < 4.78 is 18.8. The molecule has 2 rings (SSSR count). The van der Waals surface area contributed by atoms with Crippen molar-refractivity contribution in [1.82, 2.24) is 10.2 Å². The van der Waals surface area contributed by atoms with Gasteiger partial charge in [-0.15, -0.1) is 12.4 Å². The van der Waals surface area contributed by atoms with Crippen molar-refractivity contribution in [3.8, 4) is 5.75 Å². The zero-order chi connectivity index (χ0) is 13.0. The van der Waals surface area contributed by atoms with E-state index in [0.29, 0.717) is 0 Å². The van der Waals surface area contributed by atoms with Gasteiger partial charge in [0.05, 0.1) is 7.11 Å². The number of hydrogen-bond acceptors (Lipinski definition) is 3. The van der Waals surface area contributed by atoms with Crippen molar-refractivity contribution in [2.24, 2.45) is 0 Å². The van der Waals surface area contributed by atoms with Crippen LogP contribution in [-0.4, -0.2) is 38.2 Å². The van der Waals surface area contributed by atoms with Gasteiger partial charge in [0.25, 0.3) is 0 Å². The molecule has 0 spiro atoms. The molecule has 0 radical (unpaired) electrons. The second-order valence-electron chi connectivity index (χ2n) is 4.60. The third-order valence-corrected chi connectivity index (χ3v) is 3.53. The van der Waals surface area contributed by atoms with Gasteiger partial charge in [-0.05, 0) is 24.6 Å². The van der Waals surface area contributed by atoms with Gasteiger partial charge in [-0.3, -0.25) is 4.90 Å². The molecule has 1 saturated heterocycles. The Morgan fingerprint density at radius 3 is 2.63 bits per heavy atom. The van der Waals surface area contributed by atoms with Crippen LogP contribution in [0.4, 0.5) is 4.39 Å². The molecule has 1 fully saturated rings. The molecule has 5 heteroatoms. The summed E-state index contributed by atoms with van der Waals surface area (Å²) in [6.45, 7) is 6.12. The van der Waals surface area contributed by atoms with E-state index in [1.54, 1.807) is 19.2 Å².